The van der Waals surface area contributed by atoms with Gasteiger partial charge in [0.15, 0.2) is 11.0 Å². The summed E-state index contributed by atoms with van der Waals surface area (Å²) in [6.07, 6.45) is 0.722. The Bertz CT molecular complexity index is 1190. The summed E-state index contributed by atoms with van der Waals surface area (Å²) in [5.74, 6) is 0.713. The molecule has 0 bridgehead atoms. The van der Waals surface area contributed by atoms with Crippen LogP contribution in [-0.4, -0.2) is 32.1 Å². The zero-order chi connectivity index (χ0) is 22.2. The summed E-state index contributed by atoms with van der Waals surface area (Å²) in [7, 11) is 0. The summed E-state index contributed by atoms with van der Waals surface area (Å²) in [5, 5.41) is 13.7. The lowest BCUT2D eigenvalue weighted by Gasteiger charge is -2.10. The van der Waals surface area contributed by atoms with E-state index in [2.05, 4.69) is 20.7 Å². The molecule has 160 valence electrons. The zero-order valence-corrected chi connectivity index (χ0v) is 18.5. The molecule has 1 amide bonds. The highest BCUT2D eigenvalue weighted by Gasteiger charge is 2.17. The van der Waals surface area contributed by atoms with E-state index in [0.717, 1.165) is 34.8 Å². The Hall–Kier alpha value is -3.71. The Balaban J connectivity index is 1.52. The molecule has 1 aromatic heterocycles. The highest BCUT2D eigenvalue weighted by atomic mass is 32.2. The minimum absolute atomic E-state index is 0.176. The van der Waals surface area contributed by atoms with E-state index in [1.54, 1.807) is 0 Å². The van der Waals surface area contributed by atoms with Gasteiger partial charge in [0, 0.05) is 11.3 Å². The molecule has 0 radical (unpaired) electrons. The number of thioether (sulfide) groups is 1. The van der Waals surface area contributed by atoms with E-state index >= 15 is 0 Å². The first kappa shape index (κ1) is 21.5. The summed E-state index contributed by atoms with van der Waals surface area (Å²) in [6, 6.07) is 29.6. The summed E-state index contributed by atoms with van der Waals surface area (Å²) in [5.41, 5.74) is 6.40. The van der Waals surface area contributed by atoms with Gasteiger partial charge in [-0.15, -0.1) is 10.2 Å². The molecular weight excluding hydrogens is 418 g/mol. The Kier molecular flexibility index (Phi) is 7.09. The van der Waals surface area contributed by atoms with Crippen LogP contribution in [-0.2, 0) is 4.79 Å². The predicted molar refractivity (Wildman–Crippen MR) is 129 cm³/mol. The summed E-state index contributed by atoms with van der Waals surface area (Å²) < 4.78 is 1.97. The normalized spacial score (nSPS) is 11.3. The fourth-order valence-electron chi connectivity index (χ4n) is 3.22. The number of nitrogens with one attached hydrogen (secondary N) is 1. The quantitative estimate of drug-likeness (QED) is 0.238. The van der Waals surface area contributed by atoms with Gasteiger partial charge in [0.25, 0.3) is 5.91 Å². The van der Waals surface area contributed by atoms with Gasteiger partial charge in [-0.25, -0.2) is 5.43 Å². The number of carbonyl (C=O) groups is 1. The smallest absolute Gasteiger partial charge is 0.250 e. The Labute approximate surface area is 191 Å². The van der Waals surface area contributed by atoms with E-state index in [-0.39, 0.29) is 11.7 Å². The molecule has 1 heterocycles. The lowest BCUT2D eigenvalue weighted by atomic mass is 10.1. The van der Waals surface area contributed by atoms with Crippen LogP contribution in [0.15, 0.2) is 101 Å². The molecular formula is C25H23N5OS. The van der Waals surface area contributed by atoms with Crippen molar-refractivity contribution in [3.63, 3.8) is 0 Å². The van der Waals surface area contributed by atoms with Gasteiger partial charge >= 0.3 is 0 Å². The van der Waals surface area contributed by atoms with E-state index in [1.165, 1.54) is 11.8 Å². The molecule has 0 aliphatic rings. The number of aromatic nitrogens is 3. The van der Waals surface area contributed by atoms with Crippen LogP contribution in [0.5, 0.6) is 0 Å². The standard InChI is InChI=1S/C25H23N5OS/c1-2-22(19-12-6-3-7-13-19)26-27-23(31)18-32-25-29-28-24(20-14-8-4-9-15-20)30(25)21-16-10-5-11-17-21/h3-17H,2,18H2,1H3,(H,27,31)/b26-22+. The average Bonchev–Trinajstić information content (AvgIpc) is 3.29. The van der Waals surface area contributed by atoms with Crippen LogP contribution >= 0.6 is 11.8 Å². The second kappa shape index (κ2) is 10.5. The summed E-state index contributed by atoms with van der Waals surface area (Å²) >= 11 is 1.33. The lowest BCUT2D eigenvalue weighted by Crippen LogP contribution is -2.22. The summed E-state index contributed by atoms with van der Waals surface area (Å²) in [4.78, 5) is 12.5. The van der Waals surface area contributed by atoms with Crippen molar-refractivity contribution < 1.29 is 4.79 Å². The van der Waals surface area contributed by atoms with Crippen molar-refractivity contribution in [3.05, 3.63) is 96.6 Å². The molecule has 0 saturated carbocycles. The second-order valence-corrected chi connectivity index (χ2v) is 7.89. The number of para-hydroxylation sites is 1. The molecule has 7 heteroatoms. The lowest BCUT2D eigenvalue weighted by molar-refractivity contribution is -0.118. The molecule has 1 N–H and O–H groups in total. The van der Waals surface area contributed by atoms with Crippen LogP contribution in [0.25, 0.3) is 17.1 Å². The first-order valence-corrected chi connectivity index (χ1v) is 11.3. The fourth-order valence-corrected chi connectivity index (χ4v) is 3.96. The van der Waals surface area contributed by atoms with Crippen LogP contribution in [0.4, 0.5) is 0 Å². The number of amides is 1. The van der Waals surface area contributed by atoms with Crippen LogP contribution < -0.4 is 5.43 Å². The molecule has 0 saturated heterocycles. The Morgan fingerprint density at radius 3 is 2.19 bits per heavy atom. The molecule has 4 rings (SSSR count). The zero-order valence-electron chi connectivity index (χ0n) is 17.7. The van der Waals surface area contributed by atoms with Crippen LogP contribution in [0.1, 0.15) is 18.9 Å². The van der Waals surface area contributed by atoms with Crippen molar-refractivity contribution in [2.45, 2.75) is 18.5 Å². The van der Waals surface area contributed by atoms with Gasteiger partial charge in [-0.3, -0.25) is 9.36 Å². The first-order chi connectivity index (χ1) is 15.8. The third-order valence-corrected chi connectivity index (χ3v) is 5.70. The molecule has 0 atom stereocenters. The largest absolute Gasteiger partial charge is 0.272 e. The molecule has 0 aliphatic carbocycles. The number of carbonyl (C=O) groups excluding carboxylic acids is 1. The van der Waals surface area contributed by atoms with E-state index in [4.69, 9.17) is 0 Å². The average molecular weight is 442 g/mol. The molecule has 32 heavy (non-hydrogen) atoms. The molecule has 4 aromatic rings. The van der Waals surface area contributed by atoms with E-state index in [1.807, 2.05) is 102 Å². The van der Waals surface area contributed by atoms with Crippen molar-refractivity contribution >= 4 is 23.4 Å². The SMILES string of the molecule is CC/C(=N\NC(=O)CSc1nnc(-c2ccccc2)n1-c1ccccc1)c1ccccc1. The predicted octanol–water partition coefficient (Wildman–Crippen LogP) is 4.96. The number of hydrazone groups is 1. The second-order valence-electron chi connectivity index (χ2n) is 6.94. The molecule has 0 unspecified atom stereocenters. The van der Waals surface area contributed by atoms with Crippen LogP contribution in [0.2, 0.25) is 0 Å². The van der Waals surface area contributed by atoms with Crippen molar-refractivity contribution in [1.29, 1.82) is 0 Å². The fraction of sp³-hybridized carbons (Fsp3) is 0.120. The monoisotopic (exact) mass is 441 g/mol. The number of nitrogens with zero attached hydrogens (tertiary/aromatic N) is 4. The number of benzene rings is 3. The minimum Gasteiger partial charge on any atom is -0.272 e. The minimum atomic E-state index is -0.194. The van der Waals surface area contributed by atoms with Crippen molar-refractivity contribution in [1.82, 2.24) is 20.2 Å². The Morgan fingerprint density at radius 2 is 1.53 bits per heavy atom. The number of rotatable bonds is 8. The van der Waals surface area contributed by atoms with Gasteiger partial charge in [0.2, 0.25) is 0 Å². The topological polar surface area (TPSA) is 72.2 Å². The number of hydrogen-bond acceptors (Lipinski definition) is 5. The third kappa shape index (κ3) is 5.12. The third-order valence-electron chi connectivity index (χ3n) is 4.77. The van der Waals surface area contributed by atoms with Gasteiger partial charge in [-0.2, -0.15) is 5.10 Å². The van der Waals surface area contributed by atoms with E-state index < -0.39 is 0 Å². The molecule has 3 aromatic carbocycles. The van der Waals surface area contributed by atoms with Gasteiger partial charge in [0.1, 0.15) is 0 Å². The molecule has 6 nitrogen and oxygen atoms in total. The molecule has 0 fully saturated rings. The van der Waals surface area contributed by atoms with Crippen LogP contribution in [0.3, 0.4) is 0 Å². The highest BCUT2D eigenvalue weighted by molar-refractivity contribution is 7.99. The maximum absolute atomic E-state index is 12.5. The van der Waals surface area contributed by atoms with Crippen molar-refractivity contribution in [2.24, 2.45) is 5.10 Å². The maximum Gasteiger partial charge on any atom is 0.250 e. The Morgan fingerprint density at radius 1 is 0.906 bits per heavy atom. The van der Waals surface area contributed by atoms with Gasteiger partial charge < -0.3 is 0 Å². The maximum atomic E-state index is 12.5. The van der Waals surface area contributed by atoms with Crippen molar-refractivity contribution in [2.75, 3.05) is 5.75 Å². The molecule has 0 aliphatic heterocycles. The van der Waals surface area contributed by atoms with Crippen LogP contribution in [0, 0.1) is 0 Å². The number of hydrogen-bond donors (Lipinski definition) is 1. The van der Waals surface area contributed by atoms with E-state index in [0.29, 0.717) is 5.16 Å². The summed E-state index contributed by atoms with van der Waals surface area (Å²) in [6.45, 7) is 2.01. The van der Waals surface area contributed by atoms with Crippen molar-refractivity contribution in [3.8, 4) is 17.1 Å². The first-order valence-electron chi connectivity index (χ1n) is 10.4. The van der Waals surface area contributed by atoms with E-state index in [9.17, 15) is 4.79 Å². The van der Waals surface area contributed by atoms with Gasteiger partial charge in [-0.1, -0.05) is 97.5 Å². The van der Waals surface area contributed by atoms with Gasteiger partial charge in [0.05, 0.1) is 11.5 Å². The van der Waals surface area contributed by atoms with Gasteiger partial charge in [-0.05, 0) is 24.1 Å². The molecule has 0 spiro atoms. The highest BCUT2D eigenvalue weighted by Crippen LogP contribution is 2.27.